The van der Waals surface area contributed by atoms with Gasteiger partial charge in [0.1, 0.15) is 0 Å². The highest BCUT2D eigenvalue weighted by Crippen LogP contribution is 2.00. The van der Waals surface area contributed by atoms with E-state index >= 15 is 0 Å². The van der Waals surface area contributed by atoms with E-state index in [0.717, 1.165) is 17.4 Å². The molecule has 0 fully saturated rings. The summed E-state index contributed by atoms with van der Waals surface area (Å²) in [6.45, 7) is 1.35. The maximum absolute atomic E-state index is 11.3. The quantitative estimate of drug-likeness (QED) is 0.507. The predicted octanol–water partition coefficient (Wildman–Crippen LogP) is -0.858. The van der Waals surface area contributed by atoms with Crippen LogP contribution in [-0.4, -0.2) is 13.9 Å². The van der Waals surface area contributed by atoms with Gasteiger partial charge < -0.3 is 0 Å². The molecule has 2 rings (SSSR count). The van der Waals surface area contributed by atoms with Crippen molar-refractivity contribution in [2.75, 3.05) is 0 Å². The van der Waals surface area contributed by atoms with Crippen LogP contribution in [0.4, 0.5) is 0 Å². The fourth-order valence-corrected chi connectivity index (χ4v) is 1.59. The van der Waals surface area contributed by atoms with E-state index in [4.69, 9.17) is 0 Å². The molecule has 12 heavy (non-hydrogen) atoms. The van der Waals surface area contributed by atoms with Gasteiger partial charge in [0.2, 0.25) is 0 Å². The van der Waals surface area contributed by atoms with Gasteiger partial charge in [0, 0.05) is 20.1 Å². The second kappa shape index (κ2) is 2.36. The molecule has 0 aliphatic carbocycles. The Balaban J connectivity index is 2.77. The van der Waals surface area contributed by atoms with Crippen LogP contribution in [0.5, 0.6) is 0 Å². The zero-order valence-corrected chi connectivity index (χ0v) is 6.99. The number of hydrogen-bond donors (Lipinski definition) is 0. The number of aromatic nitrogens is 3. The number of nitrogens with zero attached hydrogens (tertiary/aromatic N) is 3. The van der Waals surface area contributed by atoms with Crippen LogP contribution in [0.3, 0.4) is 0 Å². The monoisotopic (exact) mass is 169 g/mol. The SMILES string of the molecule is Cn1c(=O)n2n(c1=O)CCCC2. The minimum Gasteiger partial charge on any atom is -0.246 e. The third kappa shape index (κ3) is 0.790. The minimum absolute atomic E-state index is 0.195. The van der Waals surface area contributed by atoms with Crippen LogP contribution in [0.1, 0.15) is 12.8 Å². The normalized spacial score (nSPS) is 16.1. The lowest BCUT2D eigenvalue weighted by molar-refractivity contribution is 0.348. The van der Waals surface area contributed by atoms with Gasteiger partial charge in [0.15, 0.2) is 0 Å². The third-order valence-corrected chi connectivity index (χ3v) is 2.30. The first-order valence-electron chi connectivity index (χ1n) is 4.08. The smallest absolute Gasteiger partial charge is 0.246 e. The van der Waals surface area contributed by atoms with Gasteiger partial charge in [-0.05, 0) is 12.8 Å². The minimum atomic E-state index is -0.195. The summed E-state index contributed by atoms with van der Waals surface area (Å²) < 4.78 is 4.20. The molecule has 0 bridgehead atoms. The summed E-state index contributed by atoms with van der Waals surface area (Å²) in [7, 11) is 1.52. The van der Waals surface area contributed by atoms with Crippen molar-refractivity contribution in [1.82, 2.24) is 13.9 Å². The Kier molecular flexibility index (Phi) is 1.46. The van der Waals surface area contributed by atoms with E-state index in [-0.39, 0.29) is 11.4 Å². The first-order chi connectivity index (χ1) is 5.72. The van der Waals surface area contributed by atoms with Gasteiger partial charge in [-0.1, -0.05) is 0 Å². The second-order valence-corrected chi connectivity index (χ2v) is 3.08. The summed E-state index contributed by atoms with van der Waals surface area (Å²) in [5.41, 5.74) is -0.389. The zero-order chi connectivity index (χ0) is 8.72. The molecule has 5 heteroatoms. The molecule has 0 radical (unpaired) electrons. The van der Waals surface area contributed by atoms with E-state index in [2.05, 4.69) is 0 Å². The van der Waals surface area contributed by atoms with Gasteiger partial charge in [-0.15, -0.1) is 0 Å². The molecular weight excluding hydrogens is 158 g/mol. The molecule has 0 unspecified atom stereocenters. The van der Waals surface area contributed by atoms with E-state index < -0.39 is 0 Å². The Morgan fingerprint density at radius 2 is 1.42 bits per heavy atom. The molecule has 0 aromatic carbocycles. The van der Waals surface area contributed by atoms with Crippen LogP contribution in [0.25, 0.3) is 0 Å². The van der Waals surface area contributed by atoms with Gasteiger partial charge in [0.05, 0.1) is 0 Å². The Morgan fingerprint density at radius 1 is 1.00 bits per heavy atom. The summed E-state index contributed by atoms with van der Waals surface area (Å²) in [6.07, 6.45) is 1.98. The lowest BCUT2D eigenvalue weighted by atomic mass is 10.3. The van der Waals surface area contributed by atoms with Crippen molar-refractivity contribution in [3.8, 4) is 0 Å². The molecule has 1 aromatic rings. The first-order valence-corrected chi connectivity index (χ1v) is 4.08. The van der Waals surface area contributed by atoms with Crippen molar-refractivity contribution in [1.29, 1.82) is 0 Å². The Hall–Kier alpha value is -1.26. The van der Waals surface area contributed by atoms with Crippen LogP contribution in [0, 0.1) is 0 Å². The molecular formula is C7H11N3O2. The maximum Gasteiger partial charge on any atom is 0.346 e. The van der Waals surface area contributed by atoms with Crippen molar-refractivity contribution in [2.24, 2.45) is 7.05 Å². The molecule has 5 nitrogen and oxygen atoms in total. The molecule has 2 heterocycles. The van der Waals surface area contributed by atoms with Gasteiger partial charge in [-0.2, -0.15) is 0 Å². The largest absolute Gasteiger partial charge is 0.346 e. The van der Waals surface area contributed by atoms with Crippen molar-refractivity contribution >= 4 is 0 Å². The average Bonchev–Trinajstić information content (AvgIpc) is 2.33. The number of fused-ring (bicyclic) bond motifs is 1. The molecule has 1 aliphatic rings. The fraction of sp³-hybridized carbons (Fsp3) is 0.714. The summed E-state index contributed by atoms with van der Waals surface area (Å²) >= 11 is 0. The Morgan fingerprint density at radius 3 is 1.83 bits per heavy atom. The van der Waals surface area contributed by atoms with E-state index in [1.807, 2.05) is 0 Å². The van der Waals surface area contributed by atoms with Gasteiger partial charge in [-0.25, -0.2) is 23.5 Å². The van der Waals surface area contributed by atoms with E-state index in [9.17, 15) is 9.59 Å². The highest BCUT2D eigenvalue weighted by Gasteiger charge is 2.15. The van der Waals surface area contributed by atoms with Gasteiger partial charge >= 0.3 is 11.4 Å². The summed E-state index contributed by atoms with van der Waals surface area (Å²) in [5, 5.41) is 0. The second-order valence-electron chi connectivity index (χ2n) is 3.08. The van der Waals surface area contributed by atoms with Crippen molar-refractivity contribution < 1.29 is 0 Å². The van der Waals surface area contributed by atoms with E-state index in [0.29, 0.717) is 13.1 Å². The first kappa shape index (κ1) is 7.39. The third-order valence-electron chi connectivity index (χ3n) is 2.30. The lowest BCUT2D eigenvalue weighted by Crippen LogP contribution is -2.30. The molecule has 0 amide bonds. The average molecular weight is 169 g/mol. The topological polar surface area (TPSA) is 48.9 Å². The van der Waals surface area contributed by atoms with E-state index in [1.54, 1.807) is 0 Å². The summed E-state index contributed by atoms with van der Waals surface area (Å²) in [5.74, 6) is 0. The van der Waals surface area contributed by atoms with Crippen molar-refractivity contribution in [3.05, 3.63) is 21.0 Å². The van der Waals surface area contributed by atoms with Crippen molar-refractivity contribution in [3.63, 3.8) is 0 Å². The molecule has 0 saturated heterocycles. The standard InChI is InChI=1S/C7H11N3O2/c1-8-6(11)9-4-2-3-5-10(9)7(8)12/h2-5H2,1H3. The highest BCUT2D eigenvalue weighted by atomic mass is 16.2. The molecule has 1 aromatic heterocycles. The molecule has 1 aliphatic heterocycles. The molecule has 0 saturated carbocycles. The Labute approximate surface area is 68.8 Å². The number of rotatable bonds is 0. The zero-order valence-electron chi connectivity index (χ0n) is 6.99. The van der Waals surface area contributed by atoms with Crippen LogP contribution in [0.2, 0.25) is 0 Å². The summed E-state index contributed by atoms with van der Waals surface area (Å²) in [6, 6.07) is 0. The molecule has 0 N–H and O–H groups in total. The van der Waals surface area contributed by atoms with Crippen LogP contribution >= 0.6 is 0 Å². The molecule has 0 atom stereocenters. The van der Waals surface area contributed by atoms with Gasteiger partial charge in [-0.3, -0.25) is 0 Å². The van der Waals surface area contributed by atoms with Crippen LogP contribution < -0.4 is 11.4 Å². The number of hydrogen-bond acceptors (Lipinski definition) is 2. The summed E-state index contributed by atoms with van der Waals surface area (Å²) in [4.78, 5) is 22.7. The highest BCUT2D eigenvalue weighted by molar-refractivity contribution is 4.74. The fourth-order valence-electron chi connectivity index (χ4n) is 1.59. The van der Waals surface area contributed by atoms with Gasteiger partial charge in [0.25, 0.3) is 0 Å². The maximum atomic E-state index is 11.3. The molecule has 0 spiro atoms. The molecule has 66 valence electrons. The van der Waals surface area contributed by atoms with Crippen molar-refractivity contribution in [2.45, 2.75) is 25.9 Å². The van der Waals surface area contributed by atoms with E-state index in [1.165, 1.54) is 16.4 Å². The Bertz CT molecular complexity index is 372. The predicted molar refractivity (Wildman–Crippen MR) is 43.2 cm³/mol. The van der Waals surface area contributed by atoms with Crippen LogP contribution in [0.15, 0.2) is 9.59 Å². The van der Waals surface area contributed by atoms with Crippen LogP contribution in [-0.2, 0) is 20.1 Å². The lowest BCUT2D eigenvalue weighted by Gasteiger charge is -2.13.